The van der Waals surface area contributed by atoms with Gasteiger partial charge >= 0.3 is 7.48 Å². The lowest BCUT2D eigenvalue weighted by molar-refractivity contribution is -0.130. The predicted molar refractivity (Wildman–Crippen MR) is 99.2 cm³/mol. The minimum absolute atomic E-state index is 0.120. The zero-order valence-corrected chi connectivity index (χ0v) is 15.4. The van der Waals surface area contributed by atoms with Crippen molar-refractivity contribution in [1.29, 1.82) is 5.41 Å². The van der Waals surface area contributed by atoms with E-state index in [9.17, 15) is 9.90 Å². The summed E-state index contributed by atoms with van der Waals surface area (Å²) >= 11 is 0. The second-order valence-corrected chi connectivity index (χ2v) is 6.60. The fourth-order valence-corrected chi connectivity index (χ4v) is 1.87. The number of rotatable bonds is 8. The van der Waals surface area contributed by atoms with Crippen LogP contribution in [0.3, 0.4) is 0 Å². The SMILES string of the molecule is C=CNCCC(=O)N1CCC=C([B]OC(C)(C)C(C)(C)O)C1.C=N. The average molecular weight is 336 g/mol. The van der Waals surface area contributed by atoms with Crippen molar-refractivity contribution in [1.82, 2.24) is 10.2 Å². The van der Waals surface area contributed by atoms with E-state index >= 15 is 0 Å². The summed E-state index contributed by atoms with van der Waals surface area (Å²) in [7, 11) is 1.67. The van der Waals surface area contributed by atoms with Gasteiger partial charge in [-0.2, -0.15) is 0 Å². The number of hydrogen-bond acceptors (Lipinski definition) is 5. The fourth-order valence-electron chi connectivity index (χ4n) is 1.87. The van der Waals surface area contributed by atoms with Crippen LogP contribution in [0, 0.1) is 5.41 Å². The highest BCUT2D eigenvalue weighted by atomic mass is 16.5. The topological polar surface area (TPSA) is 85.7 Å². The number of nitrogens with zero attached hydrogens (tertiary/aromatic N) is 1. The van der Waals surface area contributed by atoms with E-state index in [-0.39, 0.29) is 5.91 Å². The number of amides is 1. The first-order chi connectivity index (χ1) is 11.2. The number of hydrogen-bond donors (Lipinski definition) is 3. The second kappa shape index (κ2) is 10.3. The predicted octanol–water partition coefficient (Wildman–Crippen LogP) is 1.68. The molecule has 0 fully saturated rings. The lowest BCUT2D eigenvalue weighted by atomic mass is 9.80. The molecule has 1 heterocycles. The largest absolute Gasteiger partial charge is 0.427 e. The smallest absolute Gasteiger partial charge is 0.328 e. The van der Waals surface area contributed by atoms with Crippen LogP contribution in [-0.2, 0) is 9.45 Å². The number of nitrogens with one attached hydrogen (secondary N) is 2. The first-order valence-electron chi connectivity index (χ1n) is 8.07. The van der Waals surface area contributed by atoms with E-state index in [2.05, 4.69) is 24.7 Å². The third kappa shape index (κ3) is 7.32. The van der Waals surface area contributed by atoms with Crippen LogP contribution in [0.2, 0.25) is 0 Å². The Balaban J connectivity index is 0.00000254. The molecular formula is C17H31BN3O3. The molecule has 0 saturated carbocycles. The van der Waals surface area contributed by atoms with Gasteiger partial charge in [-0.05, 0) is 47.0 Å². The van der Waals surface area contributed by atoms with Gasteiger partial charge in [-0.25, -0.2) is 0 Å². The highest BCUT2D eigenvalue weighted by molar-refractivity contribution is 6.38. The van der Waals surface area contributed by atoms with Gasteiger partial charge in [0, 0.05) is 26.1 Å². The van der Waals surface area contributed by atoms with Crippen molar-refractivity contribution in [2.24, 2.45) is 0 Å². The van der Waals surface area contributed by atoms with E-state index in [4.69, 9.17) is 10.1 Å². The molecule has 0 aliphatic carbocycles. The van der Waals surface area contributed by atoms with Crippen LogP contribution >= 0.6 is 0 Å². The Labute approximate surface area is 146 Å². The molecule has 24 heavy (non-hydrogen) atoms. The molecule has 1 radical (unpaired) electrons. The molecule has 0 unspecified atom stereocenters. The van der Waals surface area contributed by atoms with Gasteiger partial charge in [0.1, 0.15) is 0 Å². The molecule has 0 atom stereocenters. The van der Waals surface area contributed by atoms with E-state index in [1.807, 2.05) is 18.7 Å². The Morgan fingerprint density at radius 1 is 1.50 bits per heavy atom. The summed E-state index contributed by atoms with van der Waals surface area (Å²) < 4.78 is 5.75. The maximum atomic E-state index is 12.1. The molecule has 1 amide bonds. The Morgan fingerprint density at radius 3 is 2.67 bits per heavy atom. The standard InChI is InChI=1S/C16H28BN2O3.CH3N/c1-6-18-10-9-14(20)19-11-7-8-13(12-19)17-22-16(4,5)15(2,3)21;1-2/h6,8,18,21H,1,7,9-12H2,2-5H3;2H,1H2. The molecule has 3 N–H and O–H groups in total. The van der Waals surface area contributed by atoms with Gasteiger partial charge < -0.3 is 25.4 Å². The van der Waals surface area contributed by atoms with Crippen LogP contribution in [0.5, 0.6) is 0 Å². The van der Waals surface area contributed by atoms with Gasteiger partial charge in [0.25, 0.3) is 0 Å². The van der Waals surface area contributed by atoms with E-state index in [1.165, 1.54) is 0 Å². The van der Waals surface area contributed by atoms with Crippen molar-refractivity contribution in [2.75, 3.05) is 19.6 Å². The third-order valence-electron chi connectivity index (χ3n) is 4.14. The van der Waals surface area contributed by atoms with E-state index in [0.717, 1.165) is 18.4 Å². The monoisotopic (exact) mass is 336 g/mol. The Kier molecular flexibility index (Phi) is 9.62. The van der Waals surface area contributed by atoms with E-state index in [1.54, 1.807) is 27.5 Å². The number of carbonyl (C=O) groups excluding carboxylic acids is 1. The number of carbonyl (C=O) groups is 1. The van der Waals surface area contributed by atoms with Crippen molar-refractivity contribution in [2.45, 2.75) is 51.7 Å². The molecule has 1 rings (SSSR count). The van der Waals surface area contributed by atoms with Crippen LogP contribution in [0.25, 0.3) is 0 Å². The second-order valence-electron chi connectivity index (χ2n) is 6.60. The molecule has 1 aliphatic heterocycles. The third-order valence-corrected chi connectivity index (χ3v) is 4.14. The van der Waals surface area contributed by atoms with Crippen LogP contribution in [0.4, 0.5) is 0 Å². The van der Waals surface area contributed by atoms with Gasteiger partial charge in [-0.1, -0.05) is 18.1 Å². The Bertz CT molecular complexity index is 445. The summed E-state index contributed by atoms with van der Waals surface area (Å²) in [5.41, 5.74) is -0.688. The van der Waals surface area contributed by atoms with Crippen LogP contribution in [0.1, 0.15) is 40.5 Å². The van der Waals surface area contributed by atoms with Crippen molar-refractivity contribution < 1.29 is 14.6 Å². The molecule has 7 heteroatoms. The maximum absolute atomic E-state index is 12.1. The normalized spacial score (nSPS) is 14.9. The molecule has 0 spiro atoms. The zero-order valence-electron chi connectivity index (χ0n) is 15.4. The van der Waals surface area contributed by atoms with Gasteiger partial charge in [0.05, 0.1) is 11.2 Å². The molecule has 1 aliphatic rings. The van der Waals surface area contributed by atoms with Gasteiger partial charge in [-0.3, -0.25) is 4.79 Å². The van der Waals surface area contributed by atoms with Gasteiger partial charge in [0.15, 0.2) is 0 Å². The highest BCUT2D eigenvalue weighted by Crippen LogP contribution is 2.25. The van der Waals surface area contributed by atoms with Gasteiger partial charge in [0.2, 0.25) is 5.91 Å². The Morgan fingerprint density at radius 2 is 2.12 bits per heavy atom. The van der Waals surface area contributed by atoms with Crippen molar-refractivity contribution in [3.63, 3.8) is 0 Å². The van der Waals surface area contributed by atoms with Crippen molar-refractivity contribution >= 4 is 20.1 Å². The average Bonchev–Trinajstić information content (AvgIpc) is 2.54. The molecule has 6 nitrogen and oxygen atoms in total. The summed E-state index contributed by atoms with van der Waals surface area (Å²) in [6.07, 6.45) is 4.94. The van der Waals surface area contributed by atoms with E-state index in [0.29, 0.717) is 19.5 Å². The van der Waals surface area contributed by atoms with Crippen LogP contribution in [0.15, 0.2) is 24.3 Å². The summed E-state index contributed by atoms with van der Waals surface area (Å²) in [5.74, 6) is 0.120. The molecule has 0 aromatic heterocycles. The highest BCUT2D eigenvalue weighted by Gasteiger charge is 2.36. The molecule has 135 valence electrons. The lowest BCUT2D eigenvalue weighted by Gasteiger charge is -2.38. The van der Waals surface area contributed by atoms with Crippen LogP contribution in [-0.4, -0.2) is 60.9 Å². The zero-order chi connectivity index (χ0) is 18.8. The maximum Gasteiger partial charge on any atom is 0.328 e. The fraction of sp³-hybridized carbons (Fsp3) is 0.647. The molecule has 0 saturated heterocycles. The molecule has 0 aromatic rings. The minimum Gasteiger partial charge on any atom is -0.427 e. The summed E-state index contributed by atoms with van der Waals surface area (Å²) in [6, 6.07) is 0. The minimum atomic E-state index is -0.954. The summed E-state index contributed by atoms with van der Waals surface area (Å²) in [6.45, 7) is 15.1. The van der Waals surface area contributed by atoms with Crippen LogP contribution < -0.4 is 5.32 Å². The summed E-state index contributed by atoms with van der Waals surface area (Å²) in [5, 5.41) is 18.5. The van der Waals surface area contributed by atoms with Crippen molar-refractivity contribution in [3.8, 4) is 0 Å². The molecule has 0 bridgehead atoms. The molecule has 0 aromatic carbocycles. The van der Waals surface area contributed by atoms with Crippen molar-refractivity contribution in [3.05, 3.63) is 24.3 Å². The van der Waals surface area contributed by atoms with Gasteiger partial charge in [-0.15, -0.1) is 0 Å². The lowest BCUT2D eigenvalue weighted by Crippen LogP contribution is -2.48. The quantitative estimate of drug-likeness (QED) is 0.358. The molecular weight excluding hydrogens is 305 g/mol. The number of aliphatic hydroxyl groups is 1. The Hall–Kier alpha value is -1.60. The summed E-state index contributed by atoms with van der Waals surface area (Å²) in [4.78, 5) is 13.9. The first kappa shape index (κ1) is 22.4. The first-order valence-corrected chi connectivity index (χ1v) is 8.07. The van der Waals surface area contributed by atoms with E-state index < -0.39 is 11.2 Å².